The lowest BCUT2D eigenvalue weighted by Crippen LogP contribution is -2.44. The minimum absolute atomic E-state index is 0.432. The fraction of sp³-hybridized carbons (Fsp3) is 0.625. The zero-order valence-electron chi connectivity index (χ0n) is 12.5. The minimum Gasteiger partial charge on any atom is -0.399 e. The maximum atomic E-state index is 5.89. The Labute approximate surface area is 117 Å². The van der Waals surface area contributed by atoms with Gasteiger partial charge in [0.05, 0.1) is 0 Å². The topological polar surface area (TPSA) is 32.5 Å². The molecule has 1 aromatic carbocycles. The first-order chi connectivity index (χ1) is 9.11. The lowest BCUT2D eigenvalue weighted by molar-refractivity contribution is 0.104. The van der Waals surface area contributed by atoms with Crippen LogP contribution in [0.3, 0.4) is 0 Å². The van der Waals surface area contributed by atoms with Gasteiger partial charge in [-0.05, 0) is 64.1 Å². The molecule has 3 nitrogen and oxygen atoms in total. The van der Waals surface area contributed by atoms with Crippen LogP contribution in [0.25, 0.3) is 0 Å². The van der Waals surface area contributed by atoms with Gasteiger partial charge in [-0.25, -0.2) is 0 Å². The van der Waals surface area contributed by atoms with Gasteiger partial charge >= 0.3 is 0 Å². The van der Waals surface area contributed by atoms with Gasteiger partial charge in [0.25, 0.3) is 0 Å². The molecule has 0 aliphatic carbocycles. The van der Waals surface area contributed by atoms with Gasteiger partial charge in [-0.2, -0.15) is 0 Å². The highest BCUT2D eigenvalue weighted by atomic mass is 15.2. The molecular weight excluding hydrogens is 234 g/mol. The van der Waals surface area contributed by atoms with Crippen molar-refractivity contribution >= 4 is 5.69 Å². The van der Waals surface area contributed by atoms with Crippen LogP contribution >= 0.6 is 0 Å². The number of likely N-dealkylation sites (tertiary alicyclic amines) is 1. The van der Waals surface area contributed by atoms with Gasteiger partial charge in [-0.1, -0.05) is 19.1 Å². The fourth-order valence-corrected chi connectivity index (χ4v) is 3.01. The second-order valence-corrected chi connectivity index (χ2v) is 5.68. The third-order valence-corrected chi connectivity index (χ3v) is 4.58. The zero-order chi connectivity index (χ0) is 13.8. The summed E-state index contributed by atoms with van der Waals surface area (Å²) in [6.45, 7) is 8.17. The summed E-state index contributed by atoms with van der Waals surface area (Å²) >= 11 is 0. The standard InChI is InChI=1S/C16H27N3/c1-4-19-10-8-16(9-11-19)18(3)13(2)14-6-5-7-15(17)12-14/h5-7,12-13,16H,4,8-11,17H2,1-3H3. The maximum absolute atomic E-state index is 5.89. The largest absolute Gasteiger partial charge is 0.399 e. The predicted molar refractivity (Wildman–Crippen MR) is 82.2 cm³/mol. The van der Waals surface area contributed by atoms with Crippen molar-refractivity contribution < 1.29 is 0 Å². The smallest absolute Gasteiger partial charge is 0.0320 e. The molecule has 1 aliphatic rings. The molecule has 19 heavy (non-hydrogen) atoms. The van der Waals surface area contributed by atoms with Crippen LogP contribution in [-0.4, -0.2) is 42.5 Å². The molecule has 1 fully saturated rings. The molecule has 2 N–H and O–H groups in total. The van der Waals surface area contributed by atoms with Crippen LogP contribution in [0.1, 0.15) is 38.3 Å². The third kappa shape index (κ3) is 3.48. The Balaban J connectivity index is 1.98. The van der Waals surface area contributed by atoms with Crippen molar-refractivity contribution in [2.24, 2.45) is 0 Å². The van der Waals surface area contributed by atoms with Gasteiger partial charge in [0.15, 0.2) is 0 Å². The quantitative estimate of drug-likeness (QED) is 0.846. The molecule has 1 unspecified atom stereocenters. The van der Waals surface area contributed by atoms with Crippen molar-refractivity contribution in [3.05, 3.63) is 29.8 Å². The second-order valence-electron chi connectivity index (χ2n) is 5.68. The molecule has 0 amide bonds. The number of benzene rings is 1. The van der Waals surface area contributed by atoms with E-state index in [0.717, 1.165) is 5.69 Å². The van der Waals surface area contributed by atoms with Gasteiger partial charge in [0.1, 0.15) is 0 Å². The lowest BCUT2D eigenvalue weighted by Gasteiger charge is -2.39. The summed E-state index contributed by atoms with van der Waals surface area (Å²) in [5, 5.41) is 0. The third-order valence-electron chi connectivity index (χ3n) is 4.58. The molecule has 1 aromatic rings. The molecule has 2 rings (SSSR count). The number of rotatable bonds is 4. The molecule has 3 heteroatoms. The Morgan fingerprint density at radius 2 is 2.05 bits per heavy atom. The highest BCUT2D eigenvalue weighted by molar-refractivity contribution is 5.41. The van der Waals surface area contributed by atoms with E-state index in [-0.39, 0.29) is 0 Å². The van der Waals surface area contributed by atoms with Crippen molar-refractivity contribution in [3.8, 4) is 0 Å². The van der Waals surface area contributed by atoms with Gasteiger partial charge in [-0.3, -0.25) is 4.90 Å². The van der Waals surface area contributed by atoms with E-state index >= 15 is 0 Å². The number of piperidine rings is 1. The number of nitrogens with two attached hydrogens (primary N) is 1. The SMILES string of the molecule is CCN1CCC(N(C)C(C)c2cccc(N)c2)CC1. The van der Waals surface area contributed by atoms with E-state index in [1.165, 1.54) is 38.0 Å². The van der Waals surface area contributed by atoms with Crippen LogP contribution in [0.5, 0.6) is 0 Å². The van der Waals surface area contributed by atoms with Gasteiger partial charge in [0.2, 0.25) is 0 Å². The summed E-state index contributed by atoms with van der Waals surface area (Å²) in [4.78, 5) is 5.05. The molecule has 0 spiro atoms. The predicted octanol–water partition coefficient (Wildman–Crippen LogP) is 2.75. The molecule has 0 radical (unpaired) electrons. The Bertz CT molecular complexity index is 397. The molecule has 106 valence electrons. The summed E-state index contributed by atoms with van der Waals surface area (Å²) in [5.74, 6) is 0. The summed E-state index contributed by atoms with van der Waals surface area (Å²) in [6, 6.07) is 9.41. The fourth-order valence-electron chi connectivity index (χ4n) is 3.01. The van der Waals surface area contributed by atoms with Gasteiger partial charge in [0, 0.05) is 17.8 Å². The van der Waals surface area contributed by atoms with Crippen molar-refractivity contribution in [1.82, 2.24) is 9.80 Å². The highest BCUT2D eigenvalue weighted by Gasteiger charge is 2.25. The van der Waals surface area contributed by atoms with Crippen molar-refractivity contribution in [2.75, 3.05) is 32.4 Å². The van der Waals surface area contributed by atoms with E-state index in [9.17, 15) is 0 Å². The van der Waals surface area contributed by atoms with Crippen molar-refractivity contribution in [1.29, 1.82) is 0 Å². The molecule has 0 saturated carbocycles. The Morgan fingerprint density at radius 3 is 2.63 bits per heavy atom. The average Bonchev–Trinajstić information content (AvgIpc) is 2.46. The van der Waals surface area contributed by atoms with E-state index in [0.29, 0.717) is 12.1 Å². The van der Waals surface area contributed by atoms with Crippen molar-refractivity contribution in [3.63, 3.8) is 0 Å². The zero-order valence-corrected chi connectivity index (χ0v) is 12.5. The number of hydrogen-bond acceptors (Lipinski definition) is 3. The number of nitrogen functional groups attached to an aromatic ring is 1. The molecule has 1 heterocycles. The monoisotopic (exact) mass is 261 g/mol. The molecule has 1 atom stereocenters. The lowest BCUT2D eigenvalue weighted by atomic mass is 9.99. The first-order valence-corrected chi connectivity index (χ1v) is 7.41. The Hall–Kier alpha value is -1.06. The van der Waals surface area contributed by atoms with E-state index in [1.807, 2.05) is 6.07 Å². The molecule has 0 bridgehead atoms. The Morgan fingerprint density at radius 1 is 1.37 bits per heavy atom. The maximum Gasteiger partial charge on any atom is 0.0320 e. The number of anilines is 1. The molecular formula is C16H27N3. The van der Waals surface area contributed by atoms with Crippen LogP contribution in [0, 0.1) is 0 Å². The van der Waals surface area contributed by atoms with E-state index in [1.54, 1.807) is 0 Å². The highest BCUT2D eigenvalue weighted by Crippen LogP contribution is 2.26. The van der Waals surface area contributed by atoms with E-state index in [4.69, 9.17) is 5.73 Å². The van der Waals surface area contributed by atoms with Crippen LogP contribution in [0.15, 0.2) is 24.3 Å². The van der Waals surface area contributed by atoms with Gasteiger partial charge < -0.3 is 10.6 Å². The summed E-state index contributed by atoms with van der Waals surface area (Å²) < 4.78 is 0. The van der Waals surface area contributed by atoms with E-state index < -0.39 is 0 Å². The molecule has 1 saturated heterocycles. The van der Waals surface area contributed by atoms with Crippen LogP contribution in [0.4, 0.5) is 5.69 Å². The van der Waals surface area contributed by atoms with Crippen LogP contribution in [-0.2, 0) is 0 Å². The first kappa shape index (κ1) is 14.4. The normalized spacial score (nSPS) is 19.8. The summed E-state index contributed by atoms with van der Waals surface area (Å²) in [6.07, 6.45) is 2.55. The summed E-state index contributed by atoms with van der Waals surface area (Å²) in [7, 11) is 2.25. The number of nitrogens with zero attached hydrogens (tertiary/aromatic N) is 2. The minimum atomic E-state index is 0.432. The van der Waals surface area contributed by atoms with Crippen LogP contribution in [0.2, 0.25) is 0 Å². The van der Waals surface area contributed by atoms with E-state index in [2.05, 4.69) is 48.9 Å². The first-order valence-electron chi connectivity index (χ1n) is 7.41. The average molecular weight is 261 g/mol. The molecule has 1 aliphatic heterocycles. The van der Waals surface area contributed by atoms with Gasteiger partial charge in [-0.15, -0.1) is 0 Å². The van der Waals surface area contributed by atoms with Crippen LogP contribution < -0.4 is 5.73 Å². The summed E-state index contributed by atoms with van der Waals surface area (Å²) in [5.41, 5.74) is 8.07. The van der Waals surface area contributed by atoms with Crippen molar-refractivity contribution in [2.45, 2.75) is 38.8 Å². The number of hydrogen-bond donors (Lipinski definition) is 1. The molecule has 0 aromatic heterocycles. The Kier molecular flexibility index (Phi) is 4.83. The second kappa shape index (κ2) is 6.40.